The summed E-state index contributed by atoms with van der Waals surface area (Å²) in [5, 5.41) is 7.34. The number of fused-ring (bicyclic) bond motifs is 1. The molecule has 1 amide bonds. The highest BCUT2D eigenvalue weighted by Gasteiger charge is 2.27. The summed E-state index contributed by atoms with van der Waals surface area (Å²) in [6, 6.07) is 13.1. The molecule has 0 N–H and O–H groups in total. The van der Waals surface area contributed by atoms with E-state index in [4.69, 9.17) is 9.15 Å². The molecule has 112 valence electrons. The van der Waals surface area contributed by atoms with Crippen molar-refractivity contribution in [3.8, 4) is 5.95 Å². The number of carbonyl (C=O) groups excluding carboxylic acids is 1. The van der Waals surface area contributed by atoms with E-state index in [1.54, 1.807) is 12.1 Å². The Labute approximate surface area is 130 Å². The van der Waals surface area contributed by atoms with Crippen molar-refractivity contribution in [2.75, 3.05) is 0 Å². The number of benzene rings is 1. The van der Waals surface area contributed by atoms with Gasteiger partial charge in [0, 0.05) is 6.07 Å². The van der Waals surface area contributed by atoms with Gasteiger partial charge in [0.1, 0.15) is 12.3 Å². The standard InChI is InChI=1S/C16H10N4O3/c21-16-14-11(8-17-20-14)18-15(19-16)12-6-7-13(23-12)22-9-10-4-2-1-3-5-10/h1-8H,9H2. The Balaban J connectivity index is 1.51. The lowest BCUT2D eigenvalue weighted by Crippen LogP contribution is -2.27. The van der Waals surface area contributed by atoms with Gasteiger partial charge in [0.25, 0.3) is 5.95 Å². The number of amides is 1. The predicted molar refractivity (Wildman–Crippen MR) is 84.4 cm³/mol. The fourth-order valence-electron chi connectivity index (χ4n) is 2.13. The molecule has 4 rings (SSSR count). The number of carbonyl (C=O) groups is 1. The molecule has 2 aliphatic rings. The Morgan fingerprint density at radius 1 is 1.04 bits per heavy atom. The van der Waals surface area contributed by atoms with Gasteiger partial charge < -0.3 is 9.15 Å². The molecule has 23 heavy (non-hydrogen) atoms. The average molecular weight is 306 g/mol. The third-order valence-corrected chi connectivity index (χ3v) is 3.24. The van der Waals surface area contributed by atoms with Crippen molar-refractivity contribution in [1.82, 2.24) is 0 Å². The van der Waals surface area contributed by atoms with E-state index in [9.17, 15) is 4.79 Å². The first-order chi connectivity index (χ1) is 11.3. The first-order valence-corrected chi connectivity index (χ1v) is 6.90. The summed E-state index contributed by atoms with van der Waals surface area (Å²) < 4.78 is 11.1. The molecule has 2 aliphatic heterocycles. The Kier molecular flexibility index (Phi) is 3.16. The monoisotopic (exact) mass is 306 g/mol. The molecule has 1 aromatic heterocycles. The Bertz CT molecular complexity index is 891. The van der Waals surface area contributed by atoms with E-state index in [1.165, 1.54) is 6.21 Å². The van der Waals surface area contributed by atoms with Crippen LogP contribution < -0.4 is 4.74 Å². The van der Waals surface area contributed by atoms with E-state index < -0.39 is 5.91 Å². The van der Waals surface area contributed by atoms with Gasteiger partial charge >= 0.3 is 5.91 Å². The van der Waals surface area contributed by atoms with Crippen LogP contribution in [0.2, 0.25) is 0 Å². The average Bonchev–Trinajstić information content (AvgIpc) is 3.23. The van der Waals surface area contributed by atoms with Gasteiger partial charge in [0.05, 0.1) is 6.21 Å². The van der Waals surface area contributed by atoms with Crippen LogP contribution >= 0.6 is 0 Å². The van der Waals surface area contributed by atoms with Crippen molar-refractivity contribution in [2.24, 2.45) is 20.2 Å². The second-order valence-electron chi connectivity index (χ2n) is 4.82. The maximum atomic E-state index is 11.8. The minimum atomic E-state index is -0.481. The van der Waals surface area contributed by atoms with E-state index in [2.05, 4.69) is 20.2 Å². The molecule has 7 nitrogen and oxygen atoms in total. The highest BCUT2D eigenvalue weighted by Crippen LogP contribution is 2.20. The van der Waals surface area contributed by atoms with Crippen molar-refractivity contribution in [2.45, 2.75) is 6.61 Å². The second-order valence-corrected chi connectivity index (χ2v) is 4.82. The molecule has 0 atom stereocenters. The summed E-state index contributed by atoms with van der Waals surface area (Å²) in [6.45, 7) is 0.386. The third-order valence-electron chi connectivity index (χ3n) is 3.24. The number of hydrogen-bond donors (Lipinski definition) is 0. The van der Waals surface area contributed by atoms with E-state index in [0.717, 1.165) is 5.56 Å². The Morgan fingerprint density at radius 3 is 2.78 bits per heavy atom. The molecule has 2 aromatic rings. The molecular weight excluding hydrogens is 296 g/mol. The molecule has 7 heteroatoms. The van der Waals surface area contributed by atoms with Crippen LogP contribution in [0.4, 0.5) is 0 Å². The molecule has 0 bridgehead atoms. The lowest BCUT2D eigenvalue weighted by molar-refractivity contribution is -0.111. The zero-order valence-corrected chi connectivity index (χ0v) is 11.8. The molecule has 0 saturated carbocycles. The lowest BCUT2D eigenvalue weighted by atomic mass is 10.2. The quantitative estimate of drug-likeness (QED) is 0.865. The smallest absolute Gasteiger partial charge is 0.301 e. The molecule has 0 radical (unpaired) electrons. The Morgan fingerprint density at radius 2 is 1.91 bits per heavy atom. The molecule has 3 heterocycles. The summed E-state index contributed by atoms with van der Waals surface area (Å²) in [5.74, 6) is 0.393. The van der Waals surface area contributed by atoms with Crippen molar-refractivity contribution < 1.29 is 13.9 Å². The Hall–Kier alpha value is -3.35. The maximum Gasteiger partial charge on any atom is 0.301 e. The van der Waals surface area contributed by atoms with Crippen molar-refractivity contribution in [3.63, 3.8) is 0 Å². The summed E-state index contributed by atoms with van der Waals surface area (Å²) in [7, 11) is 0. The molecule has 0 fully saturated rings. The number of hydrogen-bond acceptors (Lipinski definition) is 6. The van der Waals surface area contributed by atoms with Crippen LogP contribution in [-0.2, 0) is 11.4 Å². The van der Waals surface area contributed by atoms with E-state index in [-0.39, 0.29) is 11.5 Å². The van der Waals surface area contributed by atoms with Gasteiger partial charge in [0.15, 0.2) is 17.3 Å². The number of rotatable bonds is 4. The summed E-state index contributed by atoms with van der Waals surface area (Å²) in [5.41, 5.74) is 1.57. The van der Waals surface area contributed by atoms with Crippen molar-refractivity contribution in [1.29, 1.82) is 0 Å². The first kappa shape index (κ1) is 13.3. The highest BCUT2D eigenvalue weighted by atomic mass is 16.6. The van der Waals surface area contributed by atoms with Crippen LogP contribution in [0.3, 0.4) is 0 Å². The summed E-state index contributed by atoms with van der Waals surface area (Å²) in [6.07, 6.45) is 1.41. The minimum absolute atomic E-state index is 0.154. The topological polar surface area (TPSA) is 88.9 Å². The zero-order valence-electron chi connectivity index (χ0n) is 11.8. The van der Waals surface area contributed by atoms with Gasteiger partial charge in [-0.2, -0.15) is 10.1 Å². The molecule has 0 saturated heterocycles. The van der Waals surface area contributed by atoms with Gasteiger partial charge in [-0.05, 0) is 11.6 Å². The molecule has 0 unspecified atom stereocenters. The van der Waals surface area contributed by atoms with Crippen LogP contribution in [0.25, 0.3) is 0 Å². The molecular formula is C16H10N4O3. The number of amidine groups is 1. The molecule has 0 spiro atoms. The number of aliphatic imine (C=N–C) groups is 2. The van der Waals surface area contributed by atoms with Gasteiger partial charge in [-0.25, -0.2) is 4.99 Å². The van der Waals surface area contributed by atoms with E-state index in [1.807, 2.05) is 30.3 Å². The first-order valence-electron chi connectivity index (χ1n) is 6.90. The van der Waals surface area contributed by atoms with Gasteiger partial charge in [0.2, 0.25) is 0 Å². The van der Waals surface area contributed by atoms with Gasteiger partial charge in [-0.3, -0.25) is 4.79 Å². The van der Waals surface area contributed by atoms with Crippen LogP contribution in [0.15, 0.2) is 67.1 Å². The zero-order chi connectivity index (χ0) is 15.6. The van der Waals surface area contributed by atoms with Crippen LogP contribution in [-0.4, -0.2) is 29.4 Å². The highest BCUT2D eigenvalue weighted by molar-refractivity contribution is 6.81. The fraction of sp³-hybridized carbons (Fsp3) is 0.0625. The number of nitrogens with zero attached hydrogens (tertiary/aromatic N) is 4. The largest absolute Gasteiger partial charge is 0.460 e. The number of ether oxygens (including phenoxy) is 1. The van der Waals surface area contributed by atoms with Gasteiger partial charge in [-0.15, -0.1) is 5.10 Å². The van der Waals surface area contributed by atoms with Crippen molar-refractivity contribution >= 4 is 29.4 Å². The minimum Gasteiger partial charge on any atom is -0.460 e. The van der Waals surface area contributed by atoms with Crippen LogP contribution in [0.1, 0.15) is 11.3 Å². The van der Waals surface area contributed by atoms with Crippen molar-refractivity contribution in [3.05, 3.63) is 53.8 Å². The molecule has 1 aromatic carbocycles. The van der Waals surface area contributed by atoms with Crippen LogP contribution in [0.5, 0.6) is 5.95 Å². The maximum absolute atomic E-state index is 11.8. The van der Waals surface area contributed by atoms with E-state index in [0.29, 0.717) is 24.0 Å². The van der Waals surface area contributed by atoms with E-state index >= 15 is 0 Å². The second kappa shape index (κ2) is 5.45. The number of furan rings is 1. The molecule has 0 aliphatic carbocycles. The SMILES string of the molecule is O=C1N=C(c2ccc(OCc3ccccc3)o2)N=C2C=NN=C12. The normalized spacial score (nSPS) is 15.8. The lowest BCUT2D eigenvalue weighted by Gasteiger charge is -2.05. The summed E-state index contributed by atoms with van der Waals surface area (Å²) in [4.78, 5) is 19.9. The van der Waals surface area contributed by atoms with Gasteiger partial charge in [-0.1, -0.05) is 30.3 Å². The van der Waals surface area contributed by atoms with Crippen LogP contribution in [0, 0.1) is 0 Å². The third kappa shape index (κ3) is 2.59. The summed E-state index contributed by atoms with van der Waals surface area (Å²) >= 11 is 0. The fourth-order valence-corrected chi connectivity index (χ4v) is 2.13. The predicted octanol–water partition coefficient (Wildman–Crippen LogP) is 2.03.